The Labute approximate surface area is 240 Å². The second-order valence-electron chi connectivity index (χ2n) is 10.8. The molecule has 2 saturated heterocycles. The van der Waals surface area contributed by atoms with Gasteiger partial charge in [0, 0.05) is 63.0 Å². The molecule has 0 bridgehead atoms. The number of aliphatic hydroxyl groups is 1. The van der Waals surface area contributed by atoms with E-state index in [0.29, 0.717) is 63.3 Å². The lowest BCUT2D eigenvalue weighted by Crippen LogP contribution is -2.51. The molecule has 41 heavy (non-hydrogen) atoms. The van der Waals surface area contributed by atoms with E-state index in [-0.39, 0.29) is 18.4 Å². The summed E-state index contributed by atoms with van der Waals surface area (Å²) in [5.41, 5.74) is 4.15. The monoisotopic (exact) mass is 564 g/mol. The van der Waals surface area contributed by atoms with E-state index in [1.165, 1.54) is 0 Å². The summed E-state index contributed by atoms with van der Waals surface area (Å²) < 4.78 is 16.8. The first-order valence-electron chi connectivity index (χ1n) is 14.3. The minimum Gasteiger partial charge on any atom is -0.491 e. The van der Waals surface area contributed by atoms with Gasteiger partial charge < -0.3 is 34.2 Å². The number of anilines is 1. The lowest BCUT2D eigenvalue weighted by atomic mass is 9.98. The van der Waals surface area contributed by atoms with E-state index in [2.05, 4.69) is 15.4 Å². The second-order valence-corrected chi connectivity index (χ2v) is 10.8. The molecule has 1 unspecified atom stereocenters. The van der Waals surface area contributed by atoms with Crippen LogP contribution in [0.5, 0.6) is 5.75 Å². The predicted octanol–water partition coefficient (Wildman–Crippen LogP) is 2.76. The van der Waals surface area contributed by atoms with Crippen LogP contribution in [0.2, 0.25) is 0 Å². The minimum atomic E-state index is -0.617. The molecular weight excluding hydrogens is 524 g/mol. The van der Waals surface area contributed by atoms with Crippen LogP contribution in [-0.4, -0.2) is 96.7 Å². The molecule has 2 fully saturated rings. The maximum absolute atomic E-state index is 13.1. The zero-order chi connectivity index (χ0) is 28.9. The molecule has 1 amide bonds. The highest BCUT2D eigenvalue weighted by Crippen LogP contribution is 2.35. The van der Waals surface area contributed by atoms with Crippen molar-refractivity contribution in [3.63, 3.8) is 0 Å². The minimum absolute atomic E-state index is 0.0580. The van der Waals surface area contributed by atoms with Crippen LogP contribution >= 0.6 is 0 Å². The molecule has 0 spiro atoms. The summed E-state index contributed by atoms with van der Waals surface area (Å²) in [6.45, 7) is 10.4. The number of piperazine rings is 1. The highest BCUT2D eigenvalue weighted by molar-refractivity contribution is 5.79. The molecule has 2 N–H and O–H groups in total. The summed E-state index contributed by atoms with van der Waals surface area (Å²) in [7, 11) is 1.79. The molecule has 3 aromatic rings. The van der Waals surface area contributed by atoms with E-state index < -0.39 is 6.10 Å². The maximum atomic E-state index is 13.1. The zero-order valence-corrected chi connectivity index (χ0v) is 24.4. The SMILES string of the molecule is CNCC(O)COc1cccc(-c2nc(-c3c(C)noc3C)c(C)c(N3CCN(C(=O)C4CCOCC4)CC3)n2)c1. The average molecular weight is 565 g/mol. The van der Waals surface area contributed by atoms with Gasteiger partial charge in [-0.3, -0.25) is 4.79 Å². The van der Waals surface area contributed by atoms with E-state index in [0.717, 1.165) is 46.7 Å². The quantitative estimate of drug-likeness (QED) is 0.401. The number of aromatic nitrogens is 3. The third-order valence-electron chi connectivity index (χ3n) is 7.83. The first kappa shape index (κ1) is 29.0. The topological polar surface area (TPSA) is 126 Å². The molecule has 1 aromatic carbocycles. The standard InChI is InChI=1S/C30H40N6O5/c1-19-27(26-20(2)34-41-21(26)3)32-28(23-6-5-7-25(16-23)40-18-24(37)17-31-4)33-29(19)35-10-12-36(13-11-35)30(38)22-8-14-39-15-9-22/h5-7,16,22,24,31,37H,8-15,17-18H2,1-4H3. The van der Waals surface area contributed by atoms with Gasteiger partial charge in [-0.1, -0.05) is 17.3 Å². The number of benzene rings is 1. The summed E-state index contributed by atoms with van der Waals surface area (Å²) >= 11 is 0. The summed E-state index contributed by atoms with van der Waals surface area (Å²) in [4.78, 5) is 27.4. The summed E-state index contributed by atoms with van der Waals surface area (Å²) in [6.07, 6.45) is 0.978. The number of carbonyl (C=O) groups excluding carboxylic acids is 1. The van der Waals surface area contributed by atoms with Gasteiger partial charge in [-0.25, -0.2) is 9.97 Å². The molecular formula is C30H40N6O5. The molecule has 4 heterocycles. The number of ether oxygens (including phenoxy) is 2. The highest BCUT2D eigenvalue weighted by atomic mass is 16.5. The third kappa shape index (κ3) is 6.52. The molecule has 1 atom stereocenters. The van der Waals surface area contributed by atoms with E-state index in [9.17, 15) is 9.90 Å². The van der Waals surface area contributed by atoms with Gasteiger partial charge >= 0.3 is 0 Å². The Morgan fingerprint density at radius 1 is 1.15 bits per heavy atom. The molecule has 0 radical (unpaired) electrons. The fraction of sp³-hybridized carbons (Fsp3) is 0.533. The van der Waals surface area contributed by atoms with Crippen molar-refractivity contribution in [2.45, 2.75) is 39.7 Å². The third-order valence-corrected chi connectivity index (χ3v) is 7.83. The molecule has 2 aromatic heterocycles. The van der Waals surface area contributed by atoms with Crippen molar-refractivity contribution in [3.05, 3.63) is 41.3 Å². The number of carbonyl (C=O) groups is 1. The van der Waals surface area contributed by atoms with Gasteiger partial charge in [-0.05, 0) is 52.8 Å². The van der Waals surface area contributed by atoms with E-state index in [1.807, 2.05) is 49.9 Å². The largest absolute Gasteiger partial charge is 0.491 e. The Bertz CT molecular complexity index is 1330. The van der Waals surface area contributed by atoms with Crippen LogP contribution in [-0.2, 0) is 9.53 Å². The van der Waals surface area contributed by atoms with Crippen LogP contribution in [0, 0.1) is 26.7 Å². The van der Waals surface area contributed by atoms with E-state index in [4.69, 9.17) is 24.0 Å². The normalized spacial score (nSPS) is 17.1. The molecule has 5 rings (SSSR count). The van der Waals surface area contributed by atoms with Crippen LogP contribution in [0.25, 0.3) is 22.6 Å². The number of likely N-dealkylation sites (N-methyl/N-ethyl adjacent to an activating group) is 1. The number of hydrogen-bond donors (Lipinski definition) is 2. The number of hydrogen-bond acceptors (Lipinski definition) is 10. The average Bonchev–Trinajstić information content (AvgIpc) is 3.34. The Kier molecular flexibility index (Phi) is 9.16. The van der Waals surface area contributed by atoms with Crippen LogP contribution in [0.15, 0.2) is 28.8 Å². The number of aliphatic hydroxyl groups excluding tert-OH is 1. The van der Waals surface area contributed by atoms with Crippen LogP contribution < -0.4 is 15.0 Å². The number of rotatable bonds is 9. The van der Waals surface area contributed by atoms with Gasteiger partial charge in [0.2, 0.25) is 5.91 Å². The van der Waals surface area contributed by atoms with Gasteiger partial charge in [0.1, 0.15) is 30.0 Å². The fourth-order valence-corrected chi connectivity index (χ4v) is 5.56. The lowest BCUT2D eigenvalue weighted by molar-refractivity contribution is -0.138. The first-order valence-corrected chi connectivity index (χ1v) is 14.3. The second kappa shape index (κ2) is 13.0. The molecule has 2 aliphatic rings. The van der Waals surface area contributed by atoms with Crippen molar-refractivity contribution in [3.8, 4) is 28.4 Å². The van der Waals surface area contributed by atoms with Crippen molar-refractivity contribution < 1.29 is 23.9 Å². The Morgan fingerprint density at radius 2 is 1.90 bits per heavy atom. The zero-order valence-electron chi connectivity index (χ0n) is 24.4. The van der Waals surface area contributed by atoms with Crippen molar-refractivity contribution in [2.75, 3.05) is 64.5 Å². The number of amides is 1. The lowest BCUT2D eigenvalue weighted by Gasteiger charge is -2.38. The molecule has 2 aliphatic heterocycles. The van der Waals surface area contributed by atoms with Crippen molar-refractivity contribution >= 4 is 11.7 Å². The van der Waals surface area contributed by atoms with Gasteiger partial charge in [0.15, 0.2) is 5.82 Å². The molecule has 11 nitrogen and oxygen atoms in total. The van der Waals surface area contributed by atoms with Gasteiger partial charge in [0.05, 0.1) is 17.0 Å². The Hall–Kier alpha value is -3.54. The van der Waals surface area contributed by atoms with Crippen molar-refractivity contribution in [2.24, 2.45) is 5.92 Å². The smallest absolute Gasteiger partial charge is 0.225 e. The number of aryl methyl sites for hydroxylation is 2. The first-order chi connectivity index (χ1) is 19.9. The molecule has 11 heteroatoms. The highest BCUT2D eigenvalue weighted by Gasteiger charge is 2.30. The summed E-state index contributed by atoms with van der Waals surface area (Å²) in [6, 6.07) is 7.60. The Balaban J connectivity index is 1.44. The van der Waals surface area contributed by atoms with Gasteiger partial charge in [-0.15, -0.1) is 0 Å². The fourth-order valence-electron chi connectivity index (χ4n) is 5.56. The van der Waals surface area contributed by atoms with Crippen LogP contribution in [0.4, 0.5) is 5.82 Å². The molecule has 0 aliphatic carbocycles. The summed E-state index contributed by atoms with van der Waals surface area (Å²) in [5, 5.41) is 17.2. The van der Waals surface area contributed by atoms with E-state index in [1.54, 1.807) is 7.05 Å². The molecule has 220 valence electrons. The molecule has 0 saturated carbocycles. The predicted molar refractivity (Wildman–Crippen MR) is 155 cm³/mol. The van der Waals surface area contributed by atoms with Crippen LogP contribution in [0.3, 0.4) is 0 Å². The summed E-state index contributed by atoms with van der Waals surface area (Å²) in [5.74, 6) is 3.01. The number of nitrogens with one attached hydrogen (secondary N) is 1. The van der Waals surface area contributed by atoms with Crippen molar-refractivity contribution in [1.82, 2.24) is 25.3 Å². The van der Waals surface area contributed by atoms with Gasteiger partial charge in [0.25, 0.3) is 0 Å². The van der Waals surface area contributed by atoms with E-state index >= 15 is 0 Å². The Morgan fingerprint density at radius 3 is 2.59 bits per heavy atom. The van der Waals surface area contributed by atoms with Gasteiger partial charge in [-0.2, -0.15) is 0 Å². The number of nitrogens with zero attached hydrogens (tertiary/aromatic N) is 5. The van der Waals surface area contributed by atoms with Crippen LogP contribution in [0.1, 0.15) is 29.9 Å². The maximum Gasteiger partial charge on any atom is 0.225 e. The van der Waals surface area contributed by atoms with Crippen molar-refractivity contribution in [1.29, 1.82) is 0 Å².